The van der Waals surface area contributed by atoms with Gasteiger partial charge in [-0.25, -0.2) is 4.39 Å². The van der Waals surface area contributed by atoms with E-state index in [9.17, 15) is 9.18 Å². The van der Waals surface area contributed by atoms with Crippen LogP contribution in [0.2, 0.25) is 0 Å². The predicted molar refractivity (Wildman–Crippen MR) is 105 cm³/mol. The summed E-state index contributed by atoms with van der Waals surface area (Å²) in [7, 11) is 4.65. The molecule has 2 aromatic carbocycles. The third-order valence-corrected chi connectivity index (χ3v) is 4.95. The Morgan fingerprint density at radius 3 is 2.11 bits per heavy atom. The Kier molecular flexibility index (Phi) is 6.23. The molecule has 150 valence electrons. The van der Waals surface area contributed by atoms with Crippen LogP contribution in [-0.4, -0.2) is 58.3 Å². The summed E-state index contributed by atoms with van der Waals surface area (Å²) >= 11 is 0. The molecular formula is C21H25FN2O4. The molecule has 0 atom stereocenters. The average Bonchev–Trinajstić information content (AvgIpc) is 2.73. The van der Waals surface area contributed by atoms with Gasteiger partial charge in [-0.15, -0.1) is 0 Å². The SMILES string of the molecule is COc1ccc(CC(=O)N2CCN(c3ccc(F)cc3)CC2)c(OC)c1OC. The molecule has 1 heterocycles. The molecule has 0 spiro atoms. The molecule has 0 saturated carbocycles. The summed E-state index contributed by atoms with van der Waals surface area (Å²) in [6.45, 7) is 2.65. The minimum absolute atomic E-state index is 0.0317. The lowest BCUT2D eigenvalue weighted by atomic mass is 10.1. The molecule has 1 aliphatic heterocycles. The zero-order chi connectivity index (χ0) is 20.1. The van der Waals surface area contributed by atoms with Gasteiger partial charge >= 0.3 is 0 Å². The van der Waals surface area contributed by atoms with E-state index < -0.39 is 0 Å². The molecule has 6 nitrogen and oxygen atoms in total. The summed E-state index contributed by atoms with van der Waals surface area (Å²) in [5.74, 6) is 1.34. The van der Waals surface area contributed by atoms with Crippen molar-refractivity contribution in [2.45, 2.75) is 6.42 Å². The third kappa shape index (κ3) is 4.13. The van der Waals surface area contributed by atoms with E-state index in [0.29, 0.717) is 43.4 Å². The number of rotatable bonds is 6. The van der Waals surface area contributed by atoms with Gasteiger partial charge in [0.15, 0.2) is 11.5 Å². The molecule has 3 rings (SSSR count). The van der Waals surface area contributed by atoms with E-state index in [1.807, 2.05) is 11.0 Å². The molecule has 1 amide bonds. The quantitative estimate of drug-likeness (QED) is 0.762. The van der Waals surface area contributed by atoms with Crippen molar-refractivity contribution in [1.82, 2.24) is 4.90 Å². The van der Waals surface area contributed by atoms with Gasteiger partial charge in [0.2, 0.25) is 11.7 Å². The van der Waals surface area contributed by atoms with Crippen molar-refractivity contribution in [2.75, 3.05) is 52.4 Å². The smallest absolute Gasteiger partial charge is 0.227 e. The summed E-state index contributed by atoms with van der Waals surface area (Å²) in [6.07, 6.45) is 0.222. The van der Waals surface area contributed by atoms with Crippen molar-refractivity contribution in [3.05, 3.63) is 47.8 Å². The Labute approximate surface area is 164 Å². The van der Waals surface area contributed by atoms with Gasteiger partial charge in [0.25, 0.3) is 0 Å². The molecule has 28 heavy (non-hydrogen) atoms. The number of nitrogens with zero attached hydrogens (tertiary/aromatic N) is 2. The molecule has 0 N–H and O–H groups in total. The second kappa shape index (κ2) is 8.82. The van der Waals surface area contributed by atoms with Gasteiger partial charge in [-0.2, -0.15) is 0 Å². The number of amides is 1. The number of carbonyl (C=O) groups is 1. The van der Waals surface area contributed by atoms with Crippen molar-refractivity contribution in [2.24, 2.45) is 0 Å². The minimum atomic E-state index is -0.249. The number of carbonyl (C=O) groups excluding carboxylic acids is 1. The maximum atomic E-state index is 13.1. The minimum Gasteiger partial charge on any atom is -0.493 e. The van der Waals surface area contributed by atoms with Gasteiger partial charge in [-0.1, -0.05) is 6.07 Å². The molecule has 0 unspecified atom stereocenters. The highest BCUT2D eigenvalue weighted by Gasteiger charge is 2.24. The van der Waals surface area contributed by atoms with Crippen LogP contribution in [0.1, 0.15) is 5.56 Å². The maximum Gasteiger partial charge on any atom is 0.227 e. The first-order valence-corrected chi connectivity index (χ1v) is 9.13. The monoisotopic (exact) mass is 388 g/mol. The van der Waals surface area contributed by atoms with E-state index in [2.05, 4.69) is 4.90 Å². The van der Waals surface area contributed by atoms with Gasteiger partial charge < -0.3 is 24.0 Å². The van der Waals surface area contributed by atoms with Crippen LogP contribution >= 0.6 is 0 Å². The summed E-state index contributed by atoms with van der Waals surface area (Å²) in [4.78, 5) is 16.8. The number of anilines is 1. The topological polar surface area (TPSA) is 51.2 Å². The van der Waals surface area contributed by atoms with Crippen LogP contribution in [0.25, 0.3) is 0 Å². The van der Waals surface area contributed by atoms with Crippen molar-refractivity contribution in [1.29, 1.82) is 0 Å². The molecule has 7 heteroatoms. The Bertz CT molecular complexity index is 818. The van der Waals surface area contributed by atoms with Crippen molar-refractivity contribution < 1.29 is 23.4 Å². The van der Waals surface area contributed by atoms with Crippen LogP contribution in [0.15, 0.2) is 36.4 Å². The van der Waals surface area contributed by atoms with E-state index in [1.165, 1.54) is 12.1 Å². The largest absolute Gasteiger partial charge is 0.493 e. The van der Waals surface area contributed by atoms with Gasteiger partial charge in [-0.3, -0.25) is 4.79 Å². The summed E-state index contributed by atoms with van der Waals surface area (Å²) in [6, 6.07) is 10.0. The zero-order valence-electron chi connectivity index (χ0n) is 16.4. The van der Waals surface area contributed by atoms with Crippen molar-refractivity contribution in [3.8, 4) is 17.2 Å². The molecule has 1 aliphatic rings. The second-order valence-corrected chi connectivity index (χ2v) is 6.51. The highest BCUT2D eigenvalue weighted by molar-refractivity contribution is 5.80. The summed E-state index contributed by atoms with van der Waals surface area (Å²) in [5.41, 5.74) is 1.72. The number of benzene rings is 2. The fraction of sp³-hybridized carbons (Fsp3) is 0.381. The molecule has 1 fully saturated rings. The standard InChI is InChI=1S/C21H25FN2O4/c1-26-18-9-4-15(20(27-2)21(18)28-3)14-19(25)24-12-10-23(11-13-24)17-7-5-16(22)6-8-17/h4-9H,10-14H2,1-3H3. The highest BCUT2D eigenvalue weighted by atomic mass is 19.1. The Hall–Kier alpha value is -2.96. The number of hydrogen-bond donors (Lipinski definition) is 0. The lowest BCUT2D eigenvalue weighted by molar-refractivity contribution is -0.130. The van der Waals surface area contributed by atoms with Crippen LogP contribution in [0.3, 0.4) is 0 Å². The van der Waals surface area contributed by atoms with E-state index in [1.54, 1.807) is 39.5 Å². The van der Waals surface area contributed by atoms with Gasteiger partial charge in [0, 0.05) is 37.4 Å². The second-order valence-electron chi connectivity index (χ2n) is 6.51. The van der Waals surface area contributed by atoms with Crippen LogP contribution in [0.4, 0.5) is 10.1 Å². The van der Waals surface area contributed by atoms with E-state index in [0.717, 1.165) is 11.3 Å². The van der Waals surface area contributed by atoms with Crippen LogP contribution in [-0.2, 0) is 11.2 Å². The maximum absolute atomic E-state index is 13.1. The third-order valence-electron chi connectivity index (χ3n) is 4.95. The first kappa shape index (κ1) is 19.8. The van der Waals surface area contributed by atoms with E-state index >= 15 is 0 Å². The molecule has 0 aromatic heterocycles. The lowest BCUT2D eigenvalue weighted by Crippen LogP contribution is -2.49. The molecule has 0 radical (unpaired) electrons. The zero-order valence-corrected chi connectivity index (χ0v) is 16.4. The lowest BCUT2D eigenvalue weighted by Gasteiger charge is -2.36. The Balaban J connectivity index is 1.65. The van der Waals surface area contributed by atoms with E-state index in [4.69, 9.17) is 14.2 Å². The molecule has 2 aromatic rings. The summed E-state index contributed by atoms with van der Waals surface area (Å²) in [5, 5.41) is 0. The fourth-order valence-corrected chi connectivity index (χ4v) is 3.44. The van der Waals surface area contributed by atoms with Crippen molar-refractivity contribution >= 4 is 11.6 Å². The molecule has 0 aliphatic carbocycles. The Morgan fingerprint density at radius 2 is 1.54 bits per heavy atom. The summed E-state index contributed by atoms with van der Waals surface area (Å²) < 4.78 is 29.2. The number of piperazine rings is 1. The van der Waals surface area contributed by atoms with Gasteiger partial charge in [0.1, 0.15) is 5.82 Å². The van der Waals surface area contributed by atoms with Gasteiger partial charge in [-0.05, 0) is 30.3 Å². The highest BCUT2D eigenvalue weighted by Crippen LogP contribution is 2.40. The van der Waals surface area contributed by atoms with Crippen LogP contribution in [0, 0.1) is 5.82 Å². The van der Waals surface area contributed by atoms with E-state index in [-0.39, 0.29) is 18.1 Å². The Morgan fingerprint density at radius 1 is 0.893 bits per heavy atom. The number of methoxy groups -OCH3 is 3. The number of hydrogen-bond acceptors (Lipinski definition) is 5. The molecule has 1 saturated heterocycles. The molecule has 0 bridgehead atoms. The molecular weight excluding hydrogens is 363 g/mol. The first-order chi connectivity index (χ1) is 13.6. The normalized spacial score (nSPS) is 14.0. The van der Waals surface area contributed by atoms with Crippen LogP contribution in [0.5, 0.6) is 17.2 Å². The number of ether oxygens (including phenoxy) is 3. The van der Waals surface area contributed by atoms with Crippen LogP contribution < -0.4 is 19.1 Å². The fourth-order valence-electron chi connectivity index (χ4n) is 3.44. The average molecular weight is 388 g/mol. The predicted octanol–water partition coefficient (Wildman–Crippen LogP) is 2.74. The van der Waals surface area contributed by atoms with Gasteiger partial charge in [0.05, 0.1) is 27.8 Å². The number of halogens is 1. The first-order valence-electron chi connectivity index (χ1n) is 9.13. The van der Waals surface area contributed by atoms with Crippen molar-refractivity contribution in [3.63, 3.8) is 0 Å².